The topological polar surface area (TPSA) is 20.2 Å². The van der Waals surface area contributed by atoms with E-state index in [9.17, 15) is 5.11 Å². The number of halogens is 1. The fourth-order valence-corrected chi connectivity index (χ4v) is 2.90. The lowest BCUT2D eigenvalue weighted by atomic mass is 9.82. The summed E-state index contributed by atoms with van der Waals surface area (Å²) in [5.41, 5.74) is 0.468. The minimum atomic E-state index is -0.303. The fourth-order valence-electron chi connectivity index (χ4n) is 2.75. The van der Waals surface area contributed by atoms with E-state index in [0.717, 1.165) is 12.8 Å². The minimum absolute atomic E-state index is 0.303. The molecule has 1 unspecified atom stereocenters. The Kier molecular flexibility index (Phi) is 13.1. The maximum atomic E-state index is 9.42. The van der Waals surface area contributed by atoms with Crippen molar-refractivity contribution in [3.8, 4) is 0 Å². The summed E-state index contributed by atoms with van der Waals surface area (Å²) < 4.78 is 0. The quantitative estimate of drug-likeness (QED) is 0.294. The smallest absolute Gasteiger partial charge is 0.0675 e. The third kappa shape index (κ3) is 13.2. The average Bonchev–Trinajstić information content (AvgIpc) is 2.42. The number of hydrogen-bond donors (Lipinski definition) is 1. The second-order valence-corrected chi connectivity index (χ2v) is 7.40. The first-order valence-electron chi connectivity index (χ1n) is 8.76. The highest BCUT2D eigenvalue weighted by Crippen LogP contribution is 2.30. The predicted octanol–water partition coefficient (Wildman–Crippen LogP) is 6.31. The van der Waals surface area contributed by atoms with Crippen LogP contribution in [0.25, 0.3) is 0 Å². The van der Waals surface area contributed by atoms with Crippen molar-refractivity contribution in [2.45, 2.75) is 104 Å². The Labute approximate surface area is 132 Å². The Morgan fingerprint density at radius 3 is 1.90 bits per heavy atom. The molecule has 1 N–H and O–H groups in total. The molecule has 0 radical (unpaired) electrons. The van der Waals surface area contributed by atoms with E-state index in [-0.39, 0.29) is 6.10 Å². The zero-order valence-corrected chi connectivity index (χ0v) is 14.9. The molecular formula is C18H37ClO. The zero-order valence-electron chi connectivity index (χ0n) is 14.1. The SMILES string of the molecule is CCCCCCCCCC(C)(C)CCCCC(O)CCl. The van der Waals surface area contributed by atoms with Crippen molar-refractivity contribution in [1.29, 1.82) is 0 Å². The molecule has 122 valence electrons. The van der Waals surface area contributed by atoms with Crippen LogP contribution < -0.4 is 0 Å². The van der Waals surface area contributed by atoms with Gasteiger partial charge in [-0.15, -0.1) is 11.6 Å². The van der Waals surface area contributed by atoms with Crippen LogP contribution in [0.5, 0.6) is 0 Å². The molecule has 0 heterocycles. The zero-order chi connectivity index (χ0) is 15.3. The molecule has 0 aromatic rings. The lowest BCUT2D eigenvalue weighted by Crippen LogP contribution is -2.12. The molecule has 0 aromatic carbocycles. The molecule has 0 aliphatic rings. The highest BCUT2D eigenvalue weighted by atomic mass is 35.5. The van der Waals surface area contributed by atoms with Crippen molar-refractivity contribution in [1.82, 2.24) is 0 Å². The molecule has 0 saturated carbocycles. The maximum Gasteiger partial charge on any atom is 0.0675 e. The van der Waals surface area contributed by atoms with Gasteiger partial charge in [0.15, 0.2) is 0 Å². The molecule has 2 heteroatoms. The molecule has 0 spiro atoms. The lowest BCUT2D eigenvalue weighted by molar-refractivity contribution is 0.179. The molecule has 20 heavy (non-hydrogen) atoms. The van der Waals surface area contributed by atoms with Crippen LogP contribution >= 0.6 is 11.6 Å². The van der Waals surface area contributed by atoms with Gasteiger partial charge in [0.25, 0.3) is 0 Å². The largest absolute Gasteiger partial charge is 0.392 e. The summed E-state index contributed by atoms with van der Waals surface area (Å²) in [6.45, 7) is 7.05. The van der Waals surface area contributed by atoms with E-state index in [2.05, 4.69) is 20.8 Å². The monoisotopic (exact) mass is 304 g/mol. The number of aliphatic hydroxyl groups is 1. The summed E-state index contributed by atoms with van der Waals surface area (Å²) >= 11 is 5.60. The van der Waals surface area contributed by atoms with E-state index in [1.165, 1.54) is 64.2 Å². The number of unbranched alkanes of at least 4 members (excludes halogenated alkanes) is 7. The van der Waals surface area contributed by atoms with Gasteiger partial charge in [-0.1, -0.05) is 78.6 Å². The van der Waals surface area contributed by atoms with Crippen molar-refractivity contribution < 1.29 is 5.11 Å². The normalized spacial score (nSPS) is 13.7. The first-order valence-corrected chi connectivity index (χ1v) is 9.29. The standard InChI is InChI=1S/C18H37ClO/c1-4-5-6-7-8-9-11-14-18(2,3)15-12-10-13-17(20)16-19/h17,20H,4-16H2,1-3H3. The molecule has 0 aromatic heterocycles. The highest BCUT2D eigenvalue weighted by Gasteiger charge is 2.16. The van der Waals surface area contributed by atoms with Crippen molar-refractivity contribution >= 4 is 11.6 Å². The van der Waals surface area contributed by atoms with Gasteiger partial charge in [-0.3, -0.25) is 0 Å². The number of hydrogen-bond acceptors (Lipinski definition) is 1. The van der Waals surface area contributed by atoms with Crippen molar-refractivity contribution in [3.63, 3.8) is 0 Å². The van der Waals surface area contributed by atoms with E-state index >= 15 is 0 Å². The van der Waals surface area contributed by atoms with Crippen LogP contribution in [0.1, 0.15) is 97.8 Å². The van der Waals surface area contributed by atoms with Crippen molar-refractivity contribution in [2.75, 3.05) is 5.88 Å². The summed E-state index contributed by atoms with van der Waals surface area (Å²) in [5, 5.41) is 9.42. The minimum Gasteiger partial charge on any atom is -0.392 e. The van der Waals surface area contributed by atoms with Gasteiger partial charge in [-0.05, 0) is 24.7 Å². The molecule has 0 fully saturated rings. The van der Waals surface area contributed by atoms with Gasteiger partial charge in [0, 0.05) is 5.88 Å². The third-order valence-corrected chi connectivity index (χ3v) is 4.63. The average molecular weight is 305 g/mol. The van der Waals surface area contributed by atoms with Gasteiger partial charge >= 0.3 is 0 Å². The van der Waals surface area contributed by atoms with Crippen LogP contribution in [0.4, 0.5) is 0 Å². The third-order valence-electron chi connectivity index (χ3n) is 4.28. The Balaban J connectivity index is 3.44. The van der Waals surface area contributed by atoms with E-state index in [4.69, 9.17) is 11.6 Å². The Hall–Kier alpha value is 0.250. The molecule has 1 atom stereocenters. The van der Waals surface area contributed by atoms with Gasteiger partial charge in [0.2, 0.25) is 0 Å². The molecule has 0 amide bonds. The molecule has 0 aliphatic carbocycles. The van der Waals surface area contributed by atoms with Gasteiger partial charge in [-0.25, -0.2) is 0 Å². The highest BCUT2D eigenvalue weighted by molar-refractivity contribution is 6.18. The number of alkyl halides is 1. The van der Waals surface area contributed by atoms with Gasteiger partial charge in [0.05, 0.1) is 6.10 Å². The van der Waals surface area contributed by atoms with Crippen LogP contribution in [0, 0.1) is 5.41 Å². The number of aliphatic hydroxyl groups excluding tert-OH is 1. The Morgan fingerprint density at radius 1 is 0.850 bits per heavy atom. The van der Waals surface area contributed by atoms with Gasteiger partial charge in [-0.2, -0.15) is 0 Å². The van der Waals surface area contributed by atoms with Gasteiger partial charge in [0.1, 0.15) is 0 Å². The maximum absolute atomic E-state index is 9.42. The second-order valence-electron chi connectivity index (χ2n) is 7.09. The summed E-state index contributed by atoms with van der Waals surface area (Å²) in [4.78, 5) is 0. The van der Waals surface area contributed by atoms with E-state index in [1.807, 2.05) is 0 Å². The molecule has 0 rings (SSSR count). The van der Waals surface area contributed by atoms with Crippen molar-refractivity contribution in [3.05, 3.63) is 0 Å². The first kappa shape index (κ1) is 20.2. The molecule has 0 aliphatic heterocycles. The van der Waals surface area contributed by atoms with E-state index in [1.54, 1.807) is 0 Å². The molecule has 0 bridgehead atoms. The van der Waals surface area contributed by atoms with E-state index < -0.39 is 0 Å². The molecule has 1 nitrogen and oxygen atoms in total. The van der Waals surface area contributed by atoms with E-state index in [0.29, 0.717) is 11.3 Å². The summed E-state index contributed by atoms with van der Waals surface area (Å²) in [7, 11) is 0. The number of rotatable bonds is 14. The van der Waals surface area contributed by atoms with Crippen LogP contribution in [0.15, 0.2) is 0 Å². The molecule has 0 saturated heterocycles. The first-order chi connectivity index (χ1) is 9.52. The molecular weight excluding hydrogens is 268 g/mol. The van der Waals surface area contributed by atoms with Crippen LogP contribution in [-0.2, 0) is 0 Å². The van der Waals surface area contributed by atoms with Crippen molar-refractivity contribution in [2.24, 2.45) is 5.41 Å². The Morgan fingerprint density at radius 2 is 1.35 bits per heavy atom. The lowest BCUT2D eigenvalue weighted by Gasteiger charge is -2.24. The van der Waals surface area contributed by atoms with Crippen LogP contribution in [-0.4, -0.2) is 17.1 Å². The second kappa shape index (κ2) is 13.0. The summed E-state index contributed by atoms with van der Waals surface area (Å²) in [5.74, 6) is 0.376. The van der Waals surface area contributed by atoms with Crippen LogP contribution in [0.3, 0.4) is 0 Å². The predicted molar refractivity (Wildman–Crippen MR) is 91.6 cm³/mol. The summed E-state index contributed by atoms with van der Waals surface area (Å²) in [6.07, 6.45) is 15.3. The Bertz CT molecular complexity index is 204. The van der Waals surface area contributed by atoms with Gasteiger partial charge < -0.3 is 5.11 Å². The summed E-state index contributed by atoms with van der Waals surface area (Å²) in [6, 6.07) is 0. The van der Waals surface area contributed by atoms with Crippen LogP contribution in [0.2, 0.25) is 0 Å². The fraction of sp³-hybridized carbons (Fsp3) is 1.00.